The van der Waals surface area contributed by atoms with Gasteiger partial charge in [-0.3, -0.25) is 9.59 Å². The number of benzene rings is 2. The van der Waals surface area contributed by atoms with Crippen molar-refractivity contribution in [3.8, 4) is 5.75 Å². The zero-order valence-electron chi connectivity index (χ0n) is 18.6. The maximum Gasteiger partial charge on any atom is 0.251 e. The van der Waals surface area contributed by atoms with Crippen molar-refractivity contribution in [3.63, 3.8) is 0 Å². The molecule has 8 nitrogen and oxygen atoms in total. The molecule has 3 aromatic rings. The number of carbonyl (C=O) groups is 2. The van der Waals surface area contributed by atoms with E-state index in [1.54, 1.807) is 37.3 Å². The summed E-state index contributed by atoms with van der Waals surface area (Å²) in [6, 6.07) is 9.20. The minimum absolute atomic E-state index is 0.0951. The molecule has 12 heteroatoms. The number of nitrogens with zero attached hydrogens (tertiary/aromatic N) is 3. The first kappa shape index (κ1) is 26.2. The topological polar surface area (TPSA) is 98.1 Å². The summed E-state index contributed by atoms with van der Waals surface area (Å²) in [5.74, 6) is 0.598. The van der Waals surface area contributed by atoms with Crippen LogP contribution in [-0.2, 0) is 11.3 Å². The molecule has 1 heterocycles. The van der Waals surface area contributed by atoms with Crippen molar-refractivity contribution in [2.24, 2.45) is 0 Å². The fraction of sp³-hybridized carbons (Fsp3) is 0.273. The first-order valence-corrected chi connectivity index (χ1v) is 12.3. The second-order valence-corrected chi connectivity index (χ2v) is 9.28. The number of hydrogen-bond acceptors (Lipinski definition) is 6. The molecule has 0 aliphatic carbocycles. The zero-order valence-corrected chi connectivity index (χ0v) is 21.6. The normalized spacial score (nSPS) is 11.7. The van der Waals surface area contributed by atoms with Gasteiger partial charge in [-0.1, -0.05) is 46.6 Å². The molecule has 0 radical (unpaired) electrons. The Morgan fingerprint density at radius 2 is 1.88 bits per heavy atom. The van der Waals surface area contributed by atoms with Gasteiger partial charge in [0.15, 0.2) is 11.0 Å². The number of halogens is 3. The summed E-state index contributed by atoms with van der Waals surface area (Å²) >= 11 is 19.2. The van der Waals surface area contributed by atoms with Gasteiger partial charge in [0, 0.05) is 17.1 Å². The van der Waals surface area contributed by atoms with Gasteiger partial charge < -0.3 is 19.9 Å². The number of aromatic nitrogens is 3. The zero-order chi connectivity index (χ0) is 24.8. The lowest BCUT2D eigenvalue weighted by molar-refractivity contribution is -0.113. The summed E-state index contributed by atoms with van der Waals surface area (Å²) in [7, 11) is 1.51. The predicted octanol–water partition coefficient (Wildman–Crippen LogP) is 5.49. The highest BCUT2D eigenvalue weighted by molar-refractivity contribution is 7.99. The Morgan fingerprint density at radius 3 is 2.56 bits per heavy atom. The lowest BCUT2D eigenvalue weighted by atomic mass is 10.2. The lowest BCUT2D eigenvalue weighted by Crippen LogP contribution is -2.28. The van der Waals surface area contributed by atoms with E-state index in [9.17, 15) is 9.59 Å². The summed E-state index contributed by atoms with van der Waals surface area (Å²) in [6.45, 7) is 4.29. The van der Waals surface area contributed by atoms with E-state index in [-0.39, 0.29) is 17.6 Å². The average molecular weight is 543 g/mol. The van der Waals surface area contributed by atoms with Crippen molar-refractivity contribution >= 4 is 64.1 Å². The SMILES string of the molecule is CCn1c(SCC(=O)Nc2cc(Cl)ccc2OC)nnc1C(C)NC(=O)c1ccc(Cl)c(Cl)c1. The van der Waals surface area contributed by atoms with Gasteiger partial charge in [-0.25, -0.2) is 0 Å². The fourth-order valence-corrected chi connectivity index (χ4v) is 4.38. The van der Waals surface area contributed by atoms with E-state index in [0.29, 0.717) is 49.6 Å². The number of hydrogen-bond donors (Lipinski definition) is 2. The van der Waals surface area contributed by atoms with Crippen LogP contribution in [0, 0.1) is 0 Å². The molecule has 0 fully saturated rings. The molecule has 2 N–H and O–H groups in total. The summed E-state index contributed by atoms with van der Waals surface area (Å²) in [5, 5.41) is 15.8. The van der Waals surface area contributed by atoms with Crippen LogP contribution in [0.5, 0.6) is 5.75 Å². The number of methoxy groups -OCH3 is 1. The van der Waals surface area contributed by atoms with Crippen molar-refractivity contribution in [1.82, 2.24) is 20.1 Å². The predicted molar refractivity (Wildman–Crippen MR) is 135 cm³/mol. The van der Waals surface area contributed by atoms with Gasteiger partial charge in [0.1, 0.15) is 5.75 Å². The van der Waals surface area contributed by atoms with Crippen molar-refractivity contribution in [2.45, 2.75) is 31.6 Å². The molecule has 1 aromatic heterocycles. The monoisotopic (exact) mass is 541 g/mol. The second kappa shape index (κ2) is 11.8. The maximum absolute atomic E-state index is 12.6. The molecular formula is C22H22Cl3N5O3S. The number of carbonyl (C=O) groups excluding carboxylic acids is 2. The van der Waals surface area contributed by atoms with Gasteiger partial charge in [-0.15, -0.1) is 10.2 Å². The highest BCUT2D eigenvalue weighted by atomic mass is 35.5. The number of thioether (sulfide) groups is 1. The number of nitrogens with one attached hydrogen (secondary N) is 2. The third-order valence-corrected chi connectivity index (χ3v) is 6.69. The van der Waals surface area contributed by atoms with Crippen molar-refractivity contribution in [3.05, 3.63) is 62.9 Å². The Bertz CT molecular complexity index is 1200. The molecule has 2 aromatic carbocycles. The van der Waals surface area contributed by atoms with Crippen LogP contribution in [-0.4, -0.2) is 39.4 Å². The molecule has 0 aliphatic heterocycles. The Balaban J connectivity index is 1.65. The molecule has 0 aliphatic rings. The van der Waals surface area contributed by atoms with E-state index in [2.05, 4.69) is 20.8 Å². The van der Waals surface area contributed by atoms with Crippen LogP contribution in [0.2, 0.25) is 15.1 Å². The third-order valence-electron chi connectivity index (χ3n) is 4.75. The van der Waals surface area contributed by atoms with Gasteiger partial charge in [-0.05, 0) is 50.2 Å². The van der Waals surface area contributed by atoms with E-state index >= 15 is 0 Å². The molecule has 1 atom stereocenters. The van der Waals surface area contributed by atoms with E-state index in [4.69, 9.17) is 39.5 Å². The first-order chi connectivity index (χ1) is 16.2. The molecule has 3 rings (SSSR count). The first-order valence-electron chi connectivity index (χ1n) is 10.2. The highest BCUT2D eigenvalue weighted by Crippen LogP contribution is 2.28. The van der Waals surface area contributed by atoms with Crippen molar-refractivity contribution < 1.29 is 14.3 Å². The van der Waals surface area contributed by atoms with E-state index in [1.165, 1.54) is 24.9 Å². The van der Waals surface area contributed by atoms with Gasteiger partial charge >= 0.3 is 0 Å². The summed E-state index contributed by atoms with van der Waals surface area (Å²) in [5.41, 5.74) is 0.864. The van der Waals surface area contributed by atoms with E-state index < -0.39 is 6.04 Å². The number of ether oxygens (including phenoxy) is 1. The molecular weight excluding hydrogens is 521 g/mol. The molecule has 180 valence electrons. The Hall–Kier alpha value is -2.46. The standard InChI is InChI=1S/C22H22Cl3N5O3S/c1-4-30-20(12(2)26-21(32)13-5-7-15(24)16(25)9-13)28-29-22(30)34-11-19(31)27-17-10-14(23)6-8-18(17)33-3/h5-10,12H,4,11H2,1-3H3,(H,26,32)(H,27,31). The van der Waals surface area contributed by atoms with Crippen LogP contribution < -0.4 is 15.4 Å². The minimum Gasteiger partial charge on any atom is -0.495 e. The van der Waals surface area contributed by atoms with Crippen LogP contribution in [0.15, 0.2) is 41.6 Å². The summed E-state index contributed by atoms with van der Waals surface area (Å²) in [6.07, 6.45) is 0. The van der Waals surface area contributed by atoms with Crippen LogP contribution in [0.1, 0.15) is 36.1 Å². The lowest BCUT2D eigenvalue weighted by Gasteiger charge is -2.15. The van der Waals surface area contributed by atoms with Gasteiger partial charge in [-0.2, -0.15) is 0 Å². The summed E-state index contributed by atoms with van der Waals surface area (Å²) in [4.78, 5) is 25.1. The summed E-state index contributed by atoms with van der Waals surface area (Å²) < 4.78 is 7.10. The molecule has 1 unspecified atom stereocenters. The smallest absolute Gasteiger partial charge is 0.251 e. The van der Waals surface area contributed by atoms with Crippen LogP contribution in [0.4, 0.5) is 5.69 Å². The molecule has 2 amide bonds. The average Bonchev–Trinajstić information content (AvgIpc) is 3.22. The third kappa shape index (κ3) is 6.35. The van der Waals surface area contributed by atoms with Crippen molar-refractivity contribution in [1.29, 1.82) is 0 Å². The fourth-order valence-electron chi connectivity index (χ4n) is 3.10. The molecule has 0 bridgehead atoms. The molecule has 0 saturated carbocycles. The molecule has 0 saturated heterocycles. The quantitative estimate of drug-likeness (QED) is 0.347. The van der Waals surface area contributed by atoms with Gasteiger partial charge in [0.25, 0.3) is 5.91 Å². The minimum atomic E-state index is -0.437. The van der Waals surface area contributed by atoms with Gasteiger partial charge in [0.2, 0.25) is 5.91 Å². The maximum atomic E-state index is 12.6. The molecule has 34 heavy (non-hydrogen) atoms. The molecule has 0 spiro atoms. The number of amides is 2. The Kier molecular flexibility index (Phi) is 9.07. The number of anilines is 1. The Morgan fingerprint density at radius 1 is 1.12 bits per heavy atom. The van der Waals surface area contributed by atoms with Crippen molar-refractivity contribution in [2.75, 3.05) is 18.2 Å². The van der Waals surface area contributed by atoms with E-state index in [1.807, 2.05) is 11.5 Å². The second-order valence-electron chi connectivity index (χ2n) is 7.09. The van der Waals surface area contributed by atoms with Gasteiger partial charge in [0.05, 0.1) is 34.6 Å². The van der Waals surface area contributed by atoms with E-state index in [0.717, 1.165) is 0 Å². The van der Waals surface area contributed by atoms with Crippen LogP contribution in [0.3, 0.4) is 0 Å². The van der Waals surface area contributed by atoms with Crippen LogP contribution in [0.25, 0.3) is 0 Å². The van der Waals surface area contributed by atoms with Crippen LogP contribution >= 0.6 is 46.6 Å². The Labute approximate surface area is 216 Å². The largest absolute Gasteiger partial charge is 0.495 e. The number of rotatable bonds is 9. The highest BCUT2D eigenvalue weighted by Gasteiger charge is 2.21.